The van der Waals surface area contributed by atoms with Crippen molar-refractivity contribution in [3.8, 4) is 11.3 Å². The van der Waals surface area contributed by atoms with Crippen LogP contribution in [-0.2, 0) is 6.18 Å². The number of aromatic nitrogens is 1. The van der Waals surface area contributed by atoms with Gasteiger partial charge in [-0.2, -0.15) is 13.2 Å². The summed E-state index contributed by atoms with van der Waals surface area (Å²) in [5.74, 6) is 0. The van der Waals surface area contributed by atoms with Crippen LogP contribution in [0.3, 0.4) is 0 Å². The molecule has 0 saturated heterocycles. The molecule has 0 saturated carbocycles. The number of hydrogen-bond acceptors (Lipinski definition) is 2. The average molecular weight is 242 g/mol. The molecule has 0 bridgehead atoms. The van der Waals surface area contributed by atoms with E-state index in [1.54, 1.807) is 24.3 Å². The molecule has 0 aliphatic carbocycles. The van der Waals surface area contributed by atoms with Gasteiger partial charge in [0.15, 0.2) is 5.01 Å². The Kier molecular flexibility index (Phi) is 2.71. The van der Waals surface area contributed by atoms with E-state index < -0.39 is 11.2 Å². The van der Waals surface area contributed by atoms with Gasteiger partial charge in [-0.1, -0.05) is 24.3 Å². The van der Waals surface area contributed by atoms with E-state index in [1.807, 2.05) is 0 Å². The molecule has 0 amide bonds. The third-order valence-electron chi connectivity index (χ3n) is 2.00. The summed E-state index contributed by atoms with van der Waals surface area (Å²) in [6.07, 6.45) is -4.37. The predicted octanol–water partition coefficient (Wildman–Crippen LogP) is 4.01. The normalized spacial score (nSPS) is 11.8. The third kappa shape index (κ3) is 2.24. The summed E-state index contributed by atoms with van der Waals surface area (Å²) in [4.78, 5) is 3.55. The first-order chi connectivity index (χ1) is 7.47. The van der Waals surface area contributed by atoms with Crippen LogP contribution in [0.4, 0.5) is 13.2 Å². The minimum absolute atomic E-state index is 0.345. The molecular weight excluding hydrogens is 235 g/mol. The average Bonchev–Trinajstić information content (AvgIpc) is 2.67. The minimum Gasteiger partial charge on any atom is -0.232 e. The Bertz CT molecular complexity index is 485. The van der Waals surface area contributed by atoms with Gasteiger partial charge in [-0.15, -0.1) is 11.3 Å². The second-order valence-electron chi connectivity index (χ2n) is 3.23. The summed E-state index contributed by atoms with van der Waals surface area (Å²) in [7, 11) is 0. The maximum absolute atomic E-state index is 12.3. The van der Waals surface area contributed by atoms with Crippen molar-refractivity contribution >= 4 is 11.3 Å². The van der Waals surface area contributed by atoms with Crippen LogP contribution in [0, 0.1) is 6.92 Å². The molecule has 1 aromatic carbocycles. The molecule has 2 aromatic rings. The van der Waals surface area contributed by atoms with Crippen LogP contribution in [0.15, 0.2) is 29.6 Å². The Morgan fingerprint density at radius 1 is 1.12 bits per heavy atom. The Balaban J connectivity index is 2.35. The van der Waals surface area contributed by atoms with Gasteiger partial charge in [0.2, 0.25) is 0 Å². The number of alkyl halides is 3. The molecule has 16 heavy (non-hydrogen) atoms. The highest BCUT2D eigenvalue weighted by Gasteiger charge is 2.34. The van der Waals surface area contributed by atoms with Crippen LogP contribution in [0.1, 0.15) is 10.6 Å². The number of halogens is 3. The Labute approximate surface area is 94.6 Å². The first kappa shape index (κ1) is 11.1. The van der Waals surface area contributed by atoms with Gasteiger partial charge < -0.3 is 0 Å². The fraction of sp³-hybridized carbons (Fsp3) is 0.0909. The molecule has 0 atom stereocenters. The maximum Gasteiger partial charge on any atom is 0.443 e. The van der Waals surface area contributed by atoms with E-state index in [0.717, 1.165) is 5.56 Å². The molecule has 1 heterocycles. The highest BCUT2D eigenvalue weighted by Crippen LogP contribution is 2.34. The molecule has 1 aromatic heterocycles. The van der Waals surface area contributed by atoms with E-state index in [4.69, 9.17) is 0 Å². The molecule has 1 radical (unpaired) electrons. The van der Waals surface area contributed by atoms with Crippen molar-refractivity contribution in [2.75, 3.05) is 0 Å². The number of nitrogens with zero attached hydrogens (tertiary/aromatic N) is 1. The van der Waals surface area contributed by atoms with Crippen LogP contribution in [-0.4, -0.2) is 4.98 Å². The topological polar surface area (TPSA) is 12.9 Å². The molecule has 83 valence electrons. The summed E-state index contributed by atoms with van der Waals surface area (Å²) in [6, 6.07) is 6.89. The molecule has 0 unspecified atom stereocenters. The van der Waals surface area contributed by atoms with Crippen molar-refractivity contribution < 1.29 is 13.2 Å². The number of benzene rings is 1. The maximum atomic E-state index is 12.3. The fourth-order valence-electron chi connectivity index (χ4n) is 1.21. The first-order valence-electron chi connectivity index (χ1n) is 4.42. The molecule has 0 aliphatic heterocycles. The second kappa shape index (κ2) is 3.90. The van der Waals surface area contributed by atoms with E-state index in [-0.39, 0.29) is 0 Å². The lowest BCUT2D eigenvalue weighted by atomic mass is 10.1. The molecule has 0 aliphatic rings. The summed E-state index contributed by atoms with van der Waals surface area (Å²) in [5, 5.41) is 0.585. The van der Waals surface area contributed by atoms with E-state index in [9.17, 15) is 13.2 Å². The molecule has 2 rings (SSSR count). The molecule has 5 heteroatoms. The van der Waals surface area contributed by atoms with E-state index in [2.05, 4.69) is 11.9 Å². The van der Waals surface area contributed by atoms with E-state index in [1.165, 1.54) is 5.38 Å². The molecule has 0 spiro atoms. The fourth-order valence-corrected chi connectivity index (χ4v) is 1.91. The minimum atomic E-state index is -4.37. The van der Waals surface area contributed by atoms with Crippen LogP contribution in [0.25, 0.3) is 11.3 Å². The lowest BCUT2D eigenvalue weighted by Gasteiger charge is -2.00. The van der Waals surface area contributed by atoms with Crippen LogP contribution >= 0.6 is 11.3 Å². The summed E-state index contributed by atoms with van der Waals surface area (Å²) in [6.45, 7) is 3.70. The van der Waals surface area contributed by atoms with Gasteiger partial charge >= 0.3 is 6.18 Å². The zero-order chi connectivity index (χ0) is 11.8. The number of thiazole rings is 1. The van der Waals surface area contributed by atoms with Gasteiger partial charge in [-0.05, 0) is 12.5 Å². The lowest BCUT2D eigenvalue weighted by Crippen LogP contribution is -2.03. The van der Waals surface area contributed by atoms with Crippen molar-refractivity contribution in [2.24, 2.45) is 0 Å². The second-order valence-corrected chi connectivity index (χ2v) is 4.09. The summed E-state index contributed by atoms with van der Waals surface area (Å²) >= 11 is 0.604. The van der Waals surface area contributed by atoms with Crippen molar-refractivity contribution in [1.82, 2.24) is 4.98 Å². The molecule has 1 nitrogen and oxygen atoms in total. The molecule has 0 N–H and O–H groups in total. The summed E-state index contributed by atoms with van der Waals surface area (Å²) < 4.78 is 37.0. The van der Waals surface area contributed by atoms with E-state index in [0.29, 0.717) is 22.6 Å². The first-order valence-corrected chi connectivity index (χ1v) is 5.30. The van der Waals surface area contributed by atoms with Crippen molar-refractivity contribution in [3.63, 3.8) is 0 Å². The van der Waals surface area contributed by atoms with Crippen LogP contribution < -0.4 is 0 Å². The third-order valence-corrected chi connectivity index (χ3v) is 2.88. The van der Waals surface area contributed by atoms with E-state index >= 15 is 0 Å². The van der Waals surface area contributed by atoms with Crippen molar-refractivity contribution in [2.45, 2.75) is 6.18 Å². The Morgan fingerprint density at radius 2 is 1.75 bits per heavy atom. The van der Waals surface area contributed by atoms with Gasteiger partial charge in [0.05, 0.1) is 5.69 Å². The zero-order valence-electron chi connectivity index (χ0n) is 8.08. The monoisotopic (exact) mass is 242 g/mol. The summed E-state index contributed by atoms with van der Waals surface area (Å²) in [5.41, 5.74) is 1.83. The highest BCUT2D eigenvalue weighted by molar-refractivity contribution is 7.10. The zero-order valence-corrected chi connectivity index (χ0v) is 8.90. The van der Waals surface area contributed by atoms with Crippen LogP contribution in [0.5, 0.6) is 0 Å². The standard InChI is InChI=1S/C11H7F3NS/c1-7-2-4-8(5-3-7)9-6-16-10(15-9)11(12,13)14/h2-6H,1H2. The number of hydrogen-bond donors (Lipinski definition) is 0. The Morgan fingerprint density at radius 3 is 2.25 bits per heavy atom. The smallest absolute Gasteiger partial charge is 0.232 e. The quantitative estimate of drug-likeness (QED) is 0.736. The molecular formula is C11H7F3NS. The SMILES string of the molecule is [CH2]c1ccc(-c2csc(C(F)(F)F)n2)cc1. The lowest BCUT2D eigenvalue weighted by molar-refractivity contribution is -0.137. The predicted molar refractivity (Wildman–Crippen MR) is 57.0 cm³/mol. The largest absolute Gasteiger partial charge is 0.443 e. The van der Waals surface area contributed by atoms with Gasteiger partial charge in [-0.25, -0.2) is 4.98 Å². The highest BCUT2D eigenvalue weighted by atomic mass is 32.1. The van der Waals surface area contributed by atoms with Crippen LogP contribution in [0.2, 0.25) is 0 Å². The molecule has 0 fully saturated rings. The number of rotatable bonds is 1. The van der Waals surface area contributed by atoms with Crippen molar-refractivity contribution in [1.29, 1.82) is 0 Å². The Hall–Kier alpha value is -1.36. The van der Waals surface area contributed by atoms with Gasteiger partial charge in [0.25, 0.3) is 0 Å². The van der Waals surface area contributed by atoms with Crippen molar-refractivity contribution in [3.05, 3.63) is 47.1 Å². The van der Waals surface area contributed by atoms with Gasteiger partial charge in [0.1, 0.15) is 0 Å². The van der Waals surface area contributed by atoms with Gasteiger partial charge in [-0.3, -0.25) is 0 Å². The van der Waals surface area contributed by atoms with Gasteiger partial charge in [0, 0.05) is 10.9 Å².